The molecule has 1 N–H and O–H groups in total. The van der Waals surface area contributed by atoms with E-state index in [0.717, 1.165) is 18.0 Å². The van der Waals surface area contributed by atoms with Crippen LogP contribution in [-0.2, 0) is 4.79 Å². The monoisotopic (exact) mass is 440 g/mol. The van der Waals surface area contributed by atoms with Crippen LogP contribution < -0.4 is 5.32 Å². The molecule has 1 fully saturated rings. The summed E-state index contributed by atoms with van der Waals surface area (Å²) < 4.78 is 8.28. The van der Waals surface area contributed by atoms with E-state index in [1.54, 1.807) is 0 Å². The summed E-state index contributed by atoms with van der Waals surface area (Å²) in [5, 5.41) is 12.5. The molecule has 3 rings (SSSR count). The van der Waals surface area contributed by atoms with E-state index in [4.69, 9.17) is 4.42 Å². The molecule has 1 aliphatic carbocycles. The van der Waals surface area contributed by atoms with Crippen molar-refractivity contribution in [3.05, 3.63) is 16.8 Å². The molecular weight excluding hydrogens is 416 g/mol. The molecule has 0 bridgehead atoms. The number of furan rings is 1. The third kappa shape index (κ3) is 4.91. The quantitative estimate of drug-likeness (QED) is 0.514. The molecule has 0 atom stereocenters. The second-order valence-corrected chi connectivity index (χ2v) is 8.64. The van der Waals surface area contributed by atoms with Crippen LogP contribution in [0.25, 0.3) is 11.6 Å². The molecule has 1 saturated carbocycles. The molecule has 2 aromatic rings. The van der Waals surface area contributed by atoms with Crippen molar-refractivity contribution in [2.24, 2.45) is 0 Å². The molecular formula is C18H25BrN4O2S. The van der Waals surface area contributed by atoms with Gasteiger partial charge in [-0.3, -0.25) is 9.36 Å². The van der Waals surface area contributed by atoms with Crippen molar-refractivity contribution >= 4 is 33.6 Å². The Balaban J connectivity index is 1.64. The normalized spacial score (nSPS) is 16.0. The van der Waals surface area contributed by atoms with Gasteiger partial charge in [-0.2, -0.15) is 0 Å². The van der Waals surface area contributed by atoms with Crippen LogP contribution in [0.4, 0.5) is 0 Å². The van der Waals surface area contributed by atoms with Gasteiger partial charge in [-0.25, -0.2) is 0 Å². The number of carbonyl (C=O) groups is 1. The number of aromatic nitrogens is 3. The average molecular weight is 441 g/mol. The molecule has 26 heavy (non-hydrogen) atoms. The second-order valence-electron chi connectivity index (χ2n) is 6.92. The first-order chi connectivity index (χ1) is 12.5. The van der Waals surface area contributed by atoms with Crippen LogP contribution in [0.2, 0.25) is 0 Å². The maximum absolute atomic E-state index is 12.3. The molecule has 8 heteroatoms. The van der Waals surface area contributed by atoms with E-state index in [1.165, 1.54) is 37.4 Å². The lowest BCUT2D eigenvalue weighted by Crippen LogP contribution is -2.35. The van der Waals surface area contributed by atoms with Crippen LogP contribution in [0.1, 0.15) is 58.4 Å². The van der Waals surface area contributed by atoms with Crippen molar-refractivity contribution in [3.63, 3.8) is 0 Å². The van der Waals surface area contributed by atoms with E-state index in [-0.39, 0.29) is 11.9 Å². The van der Waals surface area contributed by atoms with Crippen LogP contribution in [0.3, 0.4) is 0 Å². The lowest BCUT2D eigenvalue weighted by atomic mass is 10.1. The topological polar surface area (TPSA) is 73.0 Å². The maximum atomic E-state index is 12.3. The largest absolute Gasteiger partial charge is 0.446 e. The number of halogens is 1. The van der Waals surface area contributed by atoms with Crippen molar-refractivity contribution in [2.45, 2.75) is 69.6 Å². The molecule has 0 radical (unpaired) electrons. The lowest BCUT2D eigenvalue weighted by molar-refractivity contribution is -0.119. The van der Waals surface area contributed by atoms with Gasteiger partial charge in [-0.15, -0.1) is 10.2 Å². The first kappa shape index (κ1) is 19.5. The van der Waals surface area contributed by atoms with Crippen LogP contribution in [0.5, 0.6) is 0 Å². The van der Waals surface area contributed by atoms with Gasteiger partial charge in [0.05, 0.1) is 5.75 Å². The fraction of sp³-hybridized carbons (Fsp3) is 0.611. The Morgan fingerprint density at radius 2 is 2.04 bits per heavy atom. The maximum Gasteiger partial charge on any atom is 0.230 e. The van der Waals surface area contributed by atoms with Gasteiger partial charge < -0.3 is 9.73 Å². The number of carbonyl (C=O) groups excluding carboxylic acids is 1. The van der Waals surface area contributed by atoms with Gasteiger partial charge >= 0.3 is 0 Å². The van der Waals surface area contributed by atoms with Gasteiger partial charge in [0.1, 0.15) is 0 Å². The number of nitrogens with one attached hydrogen (secondary N) is 1. The zero-order valence-electron chi connectivity index (χ0n) is 15.2. The van der Waals surface area contributed by atoms with Gasteiger partial charge in [-0.05, 0) is 54.8 Å². The fourth-order valence-corrected chi connectivity index (χ4v) is 4.45. The highest BCUT2D eigenvalue weighted by molar-refractivity contribution is 9.10. The Bertz CT molecular complexity index is 735. The summed E-state index contributed by atoms with van der Waals surface area (Å²) >= 11 is 4.74. The highest BCUT2D eigenvalue weighted by Crippen LogP contribution is 2.30. The SMILES string of the molecule is CC(C)n1c(SCC(=O)NC2CCCCCC2)nnc1-c1ccc(Br)o1. The Morgan fingerprint density at radius 1 is 1.31 bits per heavy atom. The second kappa shape index (κ2) is 9.08. The summed E-state index contributed by atoms with van der Waals surface area (Å²) in [7, 11) is 0. The standard InChI is InChI=1S/C18H25BrN4O2S/c1-12(2)23-17(14-9-10-15(19)25-14)21-22-18(23)26-11-16(24)20-13-7-5-3-4-6-8-13/h9-10,12-13H,3-8,11H2,1-2H3,(H,20,24). The van der Waals surface area contributed by atoms with Crippen LogP contribution in [0, 0.1) is 0 Å². The molecule has 0 saturated heterocycles. The minimum atomic E-state index is 0.0718. The number of thioether (sulfide) groups is 1. The summed E-state index contributed by atoms with van der Waals surface area (Å²) in [4.78, 5) is 12.3. The molecule has 1 amide bonds. The first-order valence-corrected chi connectivity index (χ1v) is 10.9. The Labute approximate surface area is 166 Å². The Kier molecular flexibility index (Phi) is 6.80. The van der Waals surface area contributed by atoms with Crippen molar-refractivity contribution in [2.75, 3.05) is 5.75 Å². The number of rotatable bonds is 6. The van der Waals surface area contributed by atoms with E-state index in [9.17, 15) is 4.79 Å². The minimum Gasteiger partial charge on any atom is -0.446 e. The number of hydrogen-bond acceptors (Lipinski definition) is 5. The van der Waals surface area contributed by atoms with Gasteiger partial charge in [0.15, 0.2) is 15.6 Å². The summed E-state index contributed by atoms with van der Waals surface area (Å²) in [6.45, 7) is 4.14. The summed E-state index contributed by atoms with van der Waals surface area (Å²) in [5.74, 6) is 1.76. The molecule has 0 spiro atoms. The molecule has 6 nitrogen and oxygen atoms in total. The van der Waals surface area contributed by atoms with E-state index >= 15 is 0 Å². The zero-order valence-corrected chi connectivity index (χ0v) is 17.6. The van der Waals surface area contributed by atoms with Crippen LogP contribution in [-0.4, -0.2) is 32.5 Å². The smallest absolute Gasteiger partial charge is 0.230 e. The predicted octanol–water partition coefficient (Wildman–Crippen LogP) is 4.81. The molecule has 0 aliphatic heterocycles. The molecule has 1 aliphatic rings. The van der Waals surface area contributed by atoms with Crippen molar-refractivity contribution < 1.29 is 9.21 Å². The first-order valence-electron chi connectivity index (χ1n) is 9.17. The molecule has 0 aromatic carbocycles. The van der Waals surface area contributed by atoms with Crippen LogP contribution >= 0.6 is 27.7 Å². The molecule has 2 heterocycles. The van der Waals surface area contributed by atoms with E-state index in [1.807, 2.05) is 16.7 Å². The van der Waals surface area contributed by atoms with Crippen molar-refractivity contribution in [1.29, 1.82) is 0 Å². The highest BCUT2D eigenvalue weighted by atomic mass is 79.9. The zero-order chi connectivity index (χ0) is 18.5. The number of hydrogen-bond donors (Lipinski definition) is 1. The Morgan fingerprint density at radius 3 is 2.65 bits per heavy atom. The van der Waals surface area contributed by atoms with Gasteiger partial charge in [0.25, 0.3) is 0 Å². The van der Waals surface area contributed by atoms with E-state index < -0.39 is 0 Å². The van der Waals surface area contributed by atoms with Gasteiger partial charge in [0, 0.05) is 12.1 Å². The molecule has 2 aromatic heterocycles. The summed E-state index contributed by atoms with van der Waals surface area (Å²) in [5.41, 5.74) is 0. The minimum absolute atomic E-state index is 0.0718. The van der Waals surface area contributed by atoms with Crippen LogP contribution in [0.15, 0.2) is 26.4 Å². The Hall–Kier alpha value is -1.28. The number of nitrogens with zero attached hydrogens (tertiary/aromatic N) is 3. The lowest BCUT2D eigenvalue weighted by Gasteiger charge is -2.16. The third-order valence-electron chi connectivity index (χ3n) is 4.53. The molecule has 0 unspecified atom stereocenters. The van der Waals surface area contributed by atoms with Crippen molar-refractivity contribution in [1.82, 2.24) is 20.1 Å². The fourth-order valence-electron chi connectivity index (χ4n) is 3.27. The molecule has 142 valence electrons. The number of amides is 1. The summed E-state index contributed by atoms with van der Waals surface area (Å²) in [6.07, 6.45) is 7.17. The highest BCUT2D eigenvalue weighted by Gasteiger charge is 2.21. The summed E-state index contributed by atoms with van der Waals surface area (Å²) in [6, 6.07) is 4.18. The predicted molar refractivity (Wildman–Crippen MR) is 106 cm³/mol. The van der Waals surface area contributed by atoms with E-state index in [2.05, 4.69) is 45.3 Å². The van der Waals surface area contributed by atoms with E-state index in [0.29, 0.717) is 28.0 Å². The third-order valence-corrected chi connectivity index (χ3v) is 5.90. The van der Waals surface area contributed by atoms with Gasteiger partial charge in [-0.1, -0.05) is 37.4 Å². The van der Waals surface area contributed by atoms with Gasteiger partial charge in [0.2, 0.25) is 11.7 Å². The van der Waals surface area contributed by atoms with Crippen molar-refractivity contribution in [3.8, 4) is 11.6 Å². The average Bonchev–Trinajstić information content (AvgIpc) is 3.13.